The van der Waals surface area contributed by atoms with Crippen molar-refractivity contribution in [3.8, 4) is 0 Å². The Morgan fingerprint density at radius 3 is 2.40 bits per heavy atom. The van der Waals surface area contributed by atoms with Gasteiger partial charge in [0, 0.05) is 31.8 Å². The van der Waals surface area contributed by atoms with Gasteiger partial charge in [-0.25, -0.2) is 8.42 Å². The molecule has 0 saturated heterocycles. The van der Waals surface area contributed by atoms with E-state index in [0.717, 1.165) is 0 Å². The van der Waals surface area contributed by atoms with E-state index in [9.17, 15) is 8.42 Å². The summed E-state index contributed by atoms with van der Waals surface area (Å²) in [5, 5.41) is 6.54. The third-order valence-electron chi connectivity index (χ3n) is 3.80. The van der Waals surface area contributed by atoms with E-state index in [1.54, 1.807) is 7.05 Å². The standard InChI is InChI=1S/C17H29N3O3S.HI/c1-14(16-8-6-5-7-9-16)15(2)20-17(18-3)19-10-11-23-12-13-24(4,21)22;/h5-9,14-15H,10-13H2,1-4H3,(H2,18,19,20);1H. The molecule has 1 rings (SSSR count). The van der Waals surface area contributed by atoms with Gasteiger partial charge in [-0.15, -0.1) is 24.0 Å². The van der Waals surface area contributed by atoms with E-state index in [1.807, 2.05) is 18.2 Å². The lowest BCUT2D eigenvalue weighted by Crippen LogP contribution is -2.45. The highest BCUT2D eigenvalue weighted by atomic mass is 127. The van der Waals surface area contributed by atoms with Crippen molar-refractivity contribution in [1.29, 1.82) is 0 Å². The van der Waals surface area contributed by atoms with Gasteiger partial charge in [-0.2, -0.15) is 0 Å². The predicted octanol–water partition coefficient (Wildman–Crippen LogP) is 2.02. The quantitative estimate of drug-likeness (QED) is 0.243. The summed E-state index contributed by atoms with van der Waals surface area (Å²) in [5.74, 6) is 1.10. The molecule has 0 aliphatic heterocycles. The maximum Gasteiger partial charge on any atom is 0.191 e. The number of nitrogens with one attached hydrogen (secondary N) is 2. The molecule has 1 aromatic carbocycles. The second-order valence-corrected chi connectivity index (χ2v) is 8.13. The van der Waals surface area contributed by atoms with Crippen molar-refractivity contribution >= 4 is 39.8 Å². The van der Waals surface area contributed by atoms with Gasteiger partial charge in [0.15, 0.2) is 5.96 Å². The van der Waals surface area contributed by atoms with Crippen LogP contribution in [0, 0.1) is 0 Å². The van der Waals surface area contributed by atoms with Gasteiger partial charge in [-0.1, -0.05) is 37.3 Å². The molecule has 144 valence electrons. The molecule has 25 heavy (non-hydrogen) atoms. The van der Waals surface area contributed by atoms with E-state index in [1.165, 1.54) is 11.8 Å². The SMILES string of the molecule is CN=C(NCCOCCS(C)(=O)=O)NC(C)C(C)c1ccccc1.I. The normalized spacial score (nSPS) is 14.3. The minimum atomic E-state index is -2.97. The highest BCUT2D eigenvalue weighted by molar-refractivity contribution is 14.0. The molecule has 0 aliphatic carbocycles. The number of benzene rings is 1. The van der Waals surface area contributed by atoms with E-state index in [0.29, 0.717) is 25.0 Å². The zero-order chi connectivity index (χ0) is 18.0. The largest absolute Gasteiger partial charge is 0.379 e. The molecule has 0 saturated carbocycles. The van der Waals surface area contributed by atoms with Gasteiger partial charge < -0.3 is 15.4 Å². The van der Waals surface area contributed by atoms with Crippen molar-refractivity contribution in [3.63, 3.8) is 0 Å². The van der Waals surface area contributed by atoms with E-state index in [-0.39, 0.29) is 42.4 Å². The van der Waals surface area contributed by atoms with Crippen LogP contribution in [0.2, 0.25) is 0 Å². The summed E-state index contributed by atoms with van der Waals surface area (Å²) in [6.45, 7) is 5.50. The molecule has 0 radical (unpaired) electrons. The first-order valence-corrected chi connectivity index (χ1v) is 10.2. The number of hydrogen-bond donors (Lipinski definition) is 2. The summed E-state index contributed by atoms with van der Waals surface area (Å²) in [6, 6.07) is 10.5. The van der Waals surface area contributed by atoms with Crippen LogP contribution >= 0.6 is 24.0 Å². The van der Waals surface area contributed by atoms with E-state index >= 15 is 0 Å². The lowest BCUT2D eigenvalue weighted by molar-refractivity contribution is 0.154. The van der Waals surface area contributed by atoms with Gasteiger partial charge >= 0.3 is 0 Å². The van der Waals surface area contributed by atoms with E-state index < -0.39 is 9.84 Å². The van der Waals surface area contributed by atoms with Gasteiger partial charge in [0.2, 0.25) is 0 Å². The molecule has 0 spiro atoms. The number of halogens is 1. The number of guanidine groups is 1. The van der Waals surface area contributed by atoms with Crippen LogP contribution in [0.25, 0.3) is 0 Å². The number of ether oxygens (including phenoxy) is 1. The van der Waals surface area contributed by atoms with Crippen molar-refractivity contribution in [1.82, 2.24) is 10.6 Å². The Morgan fingerprint density at radius 1 is 1.20 bits per heavy atom. The number of aliphatic imine (C=N–C) groups is 1. The first-order valence-electron chi connectivity index (χ1n) is 8.11. The third-order valence-corrected chi connectivity index (χ3v) is 4.71. The Hall–Kier alpha value is -0.870. The van der Waals surface area contributed by atoms with Gasteiger partial charge in [0.05, 0.1) is 19.0 Å². The lowest BCUT2D eigenvalue weighted by atomic mass is 9.94. The topological polar surface area (TPSA) is 79.8 Å². The van der Waals surface area contributed by atoms with Crippen molar-refractivity contribution in [3.05, 3.63) is 35.9 Å². The molecule has 2 N–H and O–H groups in total. The number of nitrogens with zero attached hydrogens (tertiary/aromatic N) is 1. The molecule has 2 atom stereocenters. The minimum absolute atomic E-state index is 0. The zero-order valence-electron chi connectivity index (χ0n) is 15.4. The number of sulfone groups is 1. The number of rotatable bonds is 9. The predicted molar refractivity (Wildman–Crippen MR) is 115 cm³/mol. The average molecular weight is 483 g/mol. The summed E-state index contributed by atoms with van der Waals surface area (Å²) in [4.78, 5) is 4.20. The highest BCUT2D eigenvalue weighted by Crippen LogP contribution is 2.18. The molecule has 0 bridgehead atoms. The Morgan fingerprint density at radius 2 is 1.84 bits per heavy atom. The summed E-state index contributed by atoms with van der Waals surface area (Å²) in [7, 11) is -1.24. The molecule has 0 aromatic heterocycles. The fraction of sp³-hybridized carbons (Fsp3) is 0.588. The molecular weight excluding hydrogens is 453 g/mol. The van der Waals surface area contributed by atoms with Gasteiger partial charge in [-0.05, 0) is 12.5 Å². The van der Waals surface area contributed by atoms with Gasteiger partial charge in [0.25, 0.3) is 0 Å². The minimum Gasteiger partial charge on any atom is -0.379 e. The lowest BCUT2D eigenvalue weighted by Gasteiger charge is -2.24. The molecule has 0 fully saturated rings. The Kier molecular flexibility index (Phi) is 12.0. The molecule has 1 aromatic rings. The highest BCUT2D eigenvalue weighted by Gasteiger charge is 2.15. The van der Waals surface area contributed by atoms with Crippen molar-refractivity contribution in [2.24, 2.45) is 4.99 Å². The Labute approximate surface area is 168 Å². The Balaban J connectivity index is 0.00000576. The van der Waals surface area contributed by atoms with Crippen molar-refractivity contribution < 1.29 is 13.2 Å². The summed E-state index contributed by atoms with van der Waals surface area (Å²) in [6.07, 6.45) is 1.20. The summed E-state index contributed by atoms with van der Waals surface area (Å²) in [5.41, 5.74) is 1.28. The smallest absolute Gasteiger partial charge is 0.191 e. The summed E-state index contributed by atoms with van der Waals surface area (Å²) >= 11 is 0. The van der Waals surface area contributed by atoms with Crippen LogP contribution in [0.3, 0.4) is 0 Å². The van der Waals surface area contributed by atoms with Gasteiger partial charge in [-0.3, -0.25) is 4.99 Å². The molecular formula is C17H30IN3O3S. The van der Waals surface area contributed by atoms with Crippen LogP contribution in [-0.4, -0.2) is 59.2 Å². The molecule has 2 unspecified atom stereocenters. The maximum absolute atomic E-state index is 11.0. The maximum atomic E-state index is 11.0. The first-order chi connectivity index (χ1) is 11.3. The van der Waals surface area contributed by atoms with Crippen LogP contribution in [0.5, 0.6) is 0 Å². The van der Waals surface area contributed by atoms with Crippen LogP contribution < -0.4 is 10.6 Å². The van der Waals surface area contributed by atoms with Crippen LogP contribution in [0.15, 0.2) is 35.3 Å². The van der Waals surface area contributed by atoms with E-state index in [2.05, 4.69) is 41.6 Å². The molecule has 0 heterocycles. The fourth-order valence-corrected chi connectivity index (χ4v) is 2.56. The second kappa shape index (κ2) is 12.5. The second-order valence-electron chi connectivity index (χ2n) is 5.87. The van der Waals surface area contributed by atoms with Crippen LogP contribution in [-0.2, 0) is 14.6 Å². The average Bonchev–Trinajstić information content (AvgIpc) is 2.55. The molecule has 6 nitrogen and oxygen atoms in total. The van der Waals surface area contributed by atoms with Crippen LogP contribution in [0.1, 0.15) is 25.3 Å². The number of hydrogen-bond acceptors (Lipinski definition) is 4. The van der Waals surface area contributed by atoms with Crippen molar-refractivity contribution in [2.45, 2.75) is 25.8 Å². The Bertz CT molecular complexity index is 609. The zero-order valence-corrected chi connectivity index (χ0v) is 18.5. The summed E-state index contributed by atoms with van der Waals surface area (Å²) < 4.78 is 27.3. The van der Waals surface area contributed by atoms with Crippen LogP contribution in [0.4, 0.5) is 0 Å². The first kappa shape index (κ1) is 24.1. The molecule has 0 aliphatic rings. The van der Waals surface area contributed by atoms with E-state index in [4.69, 9.17) is 4.74 Å². The van der Waals surface area contributed by atoms with Crippen molar-refractivity contribution in [2.75, 3.05) is 38.8 Å². The molecule has 0 amide bonds. The monoisotopic (exact) mass is 483 g/mol. The molecule has 8 heteroatoms. The fourth-order valence-electron chi connectivity index (χ4n) is 2.13. The van der Waals surface area contributed by atoms with Gasteiger partial charge in [0.1, 0.15) is 9.84 Å². The third kappa shape index (κ3) is 10.7.